The Labute approximate surface area is 144 Å². The second-order valence-electron chi connectivity index (χ2n) is 5.54. The first-order chi connectivity index (χ1) is 11.5. The molecule has 0 aromatic rings. The van der Waals surface area contributed by atoms with E-state index in [0.717, 1.165) is 12.0 Å². The quantitative estimate of drug-likeness (QED) is 0.601. The highest BCUT2D eigenvalue weighted by atomic mass is 16.6. The van der Waals surface area contributed by atoms with Gasteiger partial charge in [0, 0.05) is 19.0 Å². The van der Waals surface area contributed by atoms with Gasteiger partial charge < -0.3 is 15.2 Å². The first-order valence-corrected chi connectivity index (χ1v) is 8.07. The summed E-state index contributed by atoms with van der Waals surface area (Å²) in [7, 11) is 1.71. The maximum absolute atomic E-state index is 12.4. The predicted octanol–water partition coefficient (Wildman–Crippen LogP) is 2.32. The molecule has 0 heterocycles. The van der Waals surface area contributed by atoms with Crippen LogP contribution in [0.1, 0.15) is 33.6 Å². The standard InChI is InChI=1S/C20H25NO3/c1-6-8-9-10-12-18(24-15(4)22)19-16(11-7-2)14(3)13-17(23)20(19)21-5/h1,8-9,11,14-15,18,21-22H,7,13H2,2-5H3/b9-8-,16-11-/t14?,15?,18-/m0/s1. The number of carbonyl (C=O) groups excluding carboxylic acids is 1. The Bertz CT molecular complexity index is 651. The van der Waals surface area contributed by atoms with Crippen LogP contribution in [0.2, 0.25) is 0 Å². The average Bonchev–Trinajstić information content (AvgIpc) is 2.52. The van der Waals surface area contributed by atoms with Gasteiger partial charge in [-0.2, -0.15) is 0 Å². The molecule has 2 N–H and O–H groups in total. The Morgan fingerprint density at radius 3 is 2.75 bits per heavy atom. The maximum atomic E-state index is 12.4. The number of rotatable bonds is 5. The van der Waals surface area contributed by atoms with Crippen LogP contribution in [0, 0.1) is 30.1 Å². The highest BCUT2D eigenvalue weighted by molar-refractivity contribution is 5.98. The number of Topliss-reactive ketones (excluding diaryl/α,β-unsaturated/α-hetero) is 1. The lowest BCUT2D eigenvalue weighted by Gasteiger charge is -2.30. The van der Waals surface area contributed by atoms with Crippen LogP contribution in [-0.4, -0.2) is 30.3 Å². The van der Waals surface area contributed by atoms with Gasteiger partial charge in [-0.1, -0.05) is 37.7 Å². The van der Waals surface area contributed by atoms with E-state index >= 15 is 0 Å². The molecule has 2 unspecified atom stereocenters. The van der Waals surface area contributed by atoms with Crippen molar-refractivity contribution in [1.29, 1.82) is 0 Å². The molecule has 1 rings (SSSR count). The van der Waals surface area contributed by atoms with Gasteiger partial charge in [-0.25, -0.2) is 0 Å². The highest BCUT2D eigenvalue weighted by Crippen LogP contribution is 2.34. The first kappa shape index (κ1) is 19.8. The Morgan fingerprint density at radius 2 is 2.21 bits per heavy atom. The number of nitrogens with one attached hydrogen (secondary N) is 1. The summed E-state index contributed by atoms with van der Waals surface area (Å²) in [4.78, 5) is 12.4. The third kappa shape index (κ3) is 5.13. The van der Waals surface area contributed by atoms with Crippen LogP contribution in [0.4, 0.5) is 0 Å². The number of ketones is 1. The second kappa shape index (κ2) is 9.78. The number of aliphatic hydroxyl groups excluding tert-OH is 1. The van der Waals surface area contributed by atoms with E-state index in [0.29, 0.717) is 17.7 Å². The topological polar surface area (TPSA) is 58.6 Å². The number of likely N-dealkylation sites (N-methyl/N-ethyl adjacent to an activating group) is 1. The molecule has 0 amide bonds. The molecular weight excluding hydrogens is 302 g/mol. The Balaban J connectivity index is 3.47. The van der Waals surface area contributed by atoms with Gasteiger partial charge in [-0.05, 0) is 37.0 Å². The van der Waals surface area contributed by atoms with E-state index in [4.69, 9.17) is 11.2 Å². The molecule has 0 radical (unpaired) electrons. The summed E-state index contributed by atoms with van der Waals surface area (Å²) in [6.45, 7) is 5.57. The van der Waals surface area contributed by atoms with Crippen molar-refractivity contribution in [3.8, 4) is 24.2 Å². The third-order valence-electron chi connectivity index (χ3n) is 3.63. The maximum Gasteiger partial charge on any atom is 0.179 e. The Morgan fingerprint density at radius 1 is 1.50 bits per heavy atom. The van der Waals surface area contributed by atoms with Gasteiger partial charge in [0.2, 0.25) is 0 Å². The fourth-order valence-electron chi connectivity index (χ4n) is 2.72. The zero-order valence-electron chi connectivity index (χ0n) is 14.7. The Kier molecular flexibility index (Phi) is 8.06. The molecule has 0 spiro atoms. The van der Waals surface area contributed by atoms with Gasteiger partial charge in [0.05, 0.1) is 5.70 Å². The van der Waals surface area contributed by atoms with Crippen molar-refractivity contribution in [3.63, 3.8) is 0 Å². The number of hydrogen-bond acceptors (Lipinski definition) is 4. The summed E-state index contributed by atoms with van der Waals surface area (Å²) < 4.78 is 5.58. The highest BCUT2D eigenvalue weighted by Gasteiger charge is 2.33. The van der Waals surface area contributed by atoms with Crippen molar-refractivity contribution in [2.75, 3.05) is 7.05 Å². The number of aliphatic hydroxyl groups is 1. The average molecular weight is 327 g/mol. The third-order valence-corrected chi connectivity index (χ3v) is 3.63. The van der Waals surface area contributed by atoms with E-state index in [9.17, 15) is 9.90 Å². The van der Waals surface area contributed by atoms with Crippen molar-refractivity contribution in [2.24, 2.45) is 5.92 Å². The summed E-state index contributed by atoms with van der Waals surface area (Å²) in [5.74, 6) is 8.22. The molecule has 0 saturated carbocycles. The number of allylic oxidation sites excluding steroid dienone is 4. The minimum Gasteiger partial charge on any atom is -0.385 e. The smallest absolute Gasteiger partial charge is 0.179 e. The van der Waals surface area contributed by atoms with E-state index in [-0.39, 0.29) is 11.7 Å². The van der Waals surface area contributed by atoms with E-state index in [2.05, 4.69) is 29.2 Å². The predicted molar refractivity (Wildman–Crippen MR) is 95.6 cm³/mol. The van der Waals surface area contributed by atoms with Crippen LogP contribution in [0.5, 0.6) is 0 Å². The van der Waals surface area contributed by atoms with Crippen LogP contribution >= 0.6 is 0 Å². The van der Waals surface area contributed by atoms with Crippen LogP contribution in [0.25, 0.3) is 0 Å². The molecule has 0 aliphatic heterocycles. The summed E-state index contributed by atoms with van der Waals surface area (Å²) in [6, 6.07) is 0. The van der Waals surface area contributed by atoms with Gasteiger partial charge in [-0.15, -0.1) is 6.42 Å². The van der Waals surface area contributed by atoms with Gasteiger partial charge in [0.25, 0.3) is 0 Å². The first-order valence-electron chi connectivity index (χ1n) is 8.07. The summed E-state index contributed by atoms with van der Waals surface area (Å²) in [5, 5.41) is 12.7. The lowest BCUT2D eigenvalue weighted by Crippen LogP contribution is -2.34. The van der Waals surface area contributed by atoms with Gasteiger partial charge in [0.1, 0.15) is 6.10 Å². The number of ether oxygens (including phenoxy) is 1. The monoisotopic (exact) mass is 327 g/mol. The molecule has 0 saturated heterocycles. The van der Waals surface area contributed by atoms with Gasteiger partial charge in [-0.3, -0.25) is 4.79 Å². The van der Waals surface area contributed by atoms with E-state index in [1.807, 2.05) is 13.8 Å². The molecular formula is C20H25NO3. The minimum absolute atomic E-state index is 0.0217. The molecule has 128 valence electrons. The lowest BCUT2D eigenvalue weighted by atomic mass is 9.79. The van der Waals surface area contributed by atoms with Crippen molar-refractivity contribution in [2.45, 2.75) is 46.0 Å². The zero-order valence-corrected chi connectivity index (χ0v) is 14.7. The fourth-order valence-corrected chi connectivity index (χ4v) is 2.72. The minimum atomic E-state index is -1.01. The van der Waals surface area contributed by atoms with Crippen LogP contribution in [0.3, 0.4) is 0 Å². The van der Waals surface area contributed by atoms with E-state index < -0.39 is 12.4 Å². The largest absolute Gasteiger partial charge is 0.385 e. The second-order valence-corrected chi connectivity index (χ2v) is 5.54. The normalized spacial score (nSPS) is 22.1. The van der Waals surface area contributed by atoms with Gasteiger partial charge in [0.15, 0.2) is 12.1 Å². The molecule has 24 heavy (non-hydrogen) atoms. The van der Waals surface area contributed by atoms with E-state index in [1.165, 1.54) is 19.1 Å². The van der Waals surface area contributed by atoms with Crippen molar-refractivity contribution in [1.82, 2.24) is 5.32 Å². The van der Waals surface area contributed by atoms with Crippen molar-refractivity contribution in [3.05, 3.63) is 35.1 Å². The number of hydrogen-bond donors (Lipinski definition) is 2. The number of terminal acetylenes is 1. The van der Waals surface area contributed by atoms with Crippen LogP contribution in [-0.2, 0) is 9.53 Å². The molecule has 0 bridgehead atoms. The van der Waals surface area contributed by atoms with Crippen molar-refractivity contribution >= 4 is 5.78 Å². The zero-order chi connectivity index (χ0) is 18.1. The summed E-state index contributed by atoms with van der Waals surface area (Å²) >= 11 is 0. The molecule has 4 nitrogen and oxygen atoms in total. The molecule has 0 aromatic heterocycles. The lowest BCUT2D eigenvalue weighted by molar-refractivity contribution is -0.117. The SMILES string of the molecule is C#C/C=C\C#C[C@H](OC(C)O)C1=C(NC)C(=O)CC(C)/C1=C/CC. The van der Waals surface area contributed by atoms with Gasteiger partial charge >= 0.3 is 0 Å². The summed E-state index contributed by atoms with van der Waals surface area (Å²) in [6.07, 6.45) is 9.81. The summed E-state index contributed by atoms with van der Waals surface area (Å²) in [5.41, 5.74) is 2.22. The molecule has 0 fully saturated rings. The molecule has 4 heteroatoms. The molecule has 1 aliphatic rings. The Hall–Kier alpha value is -2.27. The molecule has 3 atom stereocenters. The fraction of sp³-hybridized carbons (Fsp3) is 0.450. The van der Waals surface area contributed by atoms with Crippen LogP contribution < -0.4 is 5.32 Å². The number of carbonyl (C=O) groups is 1. The molecule has 1 aliphatic carbocycles. The molecule has 0 aromatic carbocycles. The van der Waals surface area contributed by atoms with Crippen molar-refractivity contribution < 1.29 is 14.6 Å². The van der Waals surface area contributed by atoms with E-state index in [1.54, 1.807) is 7.05 Å². The van der Waals surface area contributed by atoms with Crippen LogP contribution in [0.15, 0.2) is 35.1 Å².